The minimum Gasteiger partial charge on any atom is -0.493 e. The van der Waals surface area contributed by atoms with Gasteiger partial charge in [-0.25, -0.2) is 4.68 Å². The summed E-state index contributed by atoms with van der Waals surface area (Å²) in [5.41, 5.74) is 0.515. The number of thiophene rings is 1. The van der Waals surface area contributed by atoms with Crippen LogP contribution in [0.25, 0.3) is 0 Å². The molecule has 8 heteroatoms. The maximum absolute atomic E-state index is 12.2. The van der Waals surface area contributed by atoms with Gasteiger partial charge in [-0.2, -0.15) is 5.10 Å². The molecule has 0 fully saturated rings. The van der Waals surface area contributed by atoms with E-state index in [1.807, 2.05) is 17.5 Å². The molecule has 2 aromatic heterocycles. The van der Waals surface area contributed by atoms with Gasteiger partial charge in [0, 0.05) is 16.5 Å². The quantitative estimate of drug-likeness (QED) is 0.602. The molecule has 3 rings (SSSR count). The van der Waals surface area contributed by atoms with Crippen LogP contribution in [-0.4, -0.2) is 35.2 Å². The fourth-order valence-corrected chi connectivity index (χ4v) is 3.13. The van der Waals surface area contributed by atoms with Gasteiger partial charge in [-0.3, -0.25) is 9.59 Å². The highest BCUT2D eigenvalue weighted by atomic mass is 32.1. The topological polar surface area (TPSA) is 82.4 Å². The number of amides is 1. The van der Waals surface area contributed by atoms with Crippen molar-refractivity contribution in [3.05, 3.63) is 58.4 Å². The van der Waals surface area contributed by atoms with Gasteiger partial charge in [0.05, 0.1) is 19.9 Å². The maximum atomic E-state index is 12.2. The van der Waals surface area contributed by atoms with Gasteiger partial charge in [0.1, 0.15) is 5.82 Å². The van der Waals surface area contributed by atoms with Crippen LogP contribution in [0.5, 0.6) is 11.5 Å². The Morgan fingerprint density at radius 2 is 2.07 bits per heavy atom. The van der Waals surface area contributed by atoms with Crippen molar-refractivity contribution in [2.24, 2.45) is 0 Å². The van der Waals surface area contributed by atoms with Crippen LogP contribution in [0.1, 0.15) is 22.2 Å². The third kappa shape index (κ3) is 4.73. The summed E-state index contributed by atoms with van der Waals surface area (Å²) in [6.45, 7) is 1.86. The van der Waals surface area contributed by atoms with Crippen molar-refractivity contribution in [2.75, 3.05) is 19.0 Å². The largest absolute Gasteiger partial charge is 0.493 e. The number of methoxy groups -OCH3 is 1. The Morgan fingerprint density at radius 1 is 1.22 bits per heavy atom. The molecule has 0 aliphatic carbocycles. The summed E-state index contributed by atoms with van der Waals surface area (Å²) in [4.78, 5) is 24.8. The molecule has 1 aromatic carbocycles. The number of aromatic nitrogens is 2. The number of hydrogen-bond acceptors (Lipinski definition) is 6. The standard InChI is InChI=1S/C19H19N3O4S/c1-13(23)14-5-6-16(17(10-14)25-2)26-12-19(24)21-18-7-8-20-22(18)11-15-4-3-9-27-15/h3-10H,11-12H2,1-2H3,(H,21,24). The molecule has 0 spiro atoms. The van der Waals surface area contributed by atoms with Gasteiger partial charge in [0.2, 0.25) is 0 Å². The molecule has 0 saturated carbocycles. The van der Waals surface area contributed by atoms with Gasteiger partial charge in [-0.05, 0) is 36.6 Å². The SMILES string of the molecule is COc1cc(C(C)=O)ccc1OCC(=O)Nc1ccnn1Cc1cccs1. The zero-order valence-corrected chi connectivity index (χ0v) is 15.8. The third-order valence-electron chi connectivity index (χ3n) is 3.80. The first-order valence-electron chi connectivity index (χ1n) is 8.22. The molecule has 140 valence electrons. The summed E-state index contributed by atoms with van der Waals surface area (Å²) >= 11 is 1.63. The zero-order valence-electron chi connectivity index (χ0n) is 15.0. The molecule has 0 aliphatic rings. The van der Waals surface area contributed by atoms with E-state index in [0.717, 1.165) is 4.88 Å². The summed E-state index contributed by atoms with van der Waals surface area (Å²) in [5, 5.41) is 9.01. The monoisotopic (exact) mass is 385 g/mol. The molecular formula is C19H19N3O4S. The maximum Gasteiger partial charge on any atom is 0.263 e. The normalized spacial score (nSPS) is 10.4. The van der Waals surface area contributed by atoms with Crippen molar-refractivity contribution in [1.29, 1.82) is 0 Å². The first-order valence-corrected chi connectivity index (χ1v) is 9.10. The lowest BCUT2D eigenvalue weighted by molar-refractivity contribution is -0.118. The summed E-state index contributed by atoms with van der Waals surface area (Å²) in [5.74, 6) is 0.996. The number of carbonyl (C=O) groups is 2. The molecule has 7 nitrogen and oxygen atoms in total. The minimum absolute atomic E-state index is 0.0726. The summed E-state index contributed by atoms with van der Waals surface area (Å²) < 4.78 is 12.5. The van der Waals surface area contributed by atoms with Crippen molar-refractivity contribution < 1.29 is 19.1 Å². The number of ketones is 1. The van der Waals surface area contributed by atoms with Crippen LogP contribution in [0.2, 0.25) is 0 Å². The first kappa shape index (κ1) is 18.7. The molecule has 3 aromatic rings. The van der Waals surface area contributed by atoms with E-state index in [1.165, 1.54) is 14.0 Å². The first-order chi connectivity index (χ1) is 13.1. The molecule has 27 heavy (non-hydrogen) atoms. The van der Waals surface area contributed by atoms with Crippen molar-refractivity contribution in [1.82, 2.24) is 9.78 Å². The van der Waals surface area contributed by atoms with E-state index >= 15 is 0 Å². The lowest BCUT2D eigenvalue weighted by Crippen LogP contribution is -2.22. The smallest absolute Gasteiger partial charge is 0.263 e. The lowest BCUT2D eigenvalue weighted by atomic mass is 10.1. The number of hydrogen-bond donors (Lipinski definition) is 1. The second-order valence-electron chi connectivity index (χ2n) is 5.71. The Hall–Kier alpha value is -3.13. The number of benzene rings is 1. The molecule has 1 N–H and O–H groups in total. The number of anilines is 1. The molecule has 0 atom stereocenters. The predicted molar refractivity (Wildman–Crippen MR) is 103 cm³/mol. The van der Waals surface area contributed by atoms with Crippen LogP contribution in [0, 0.1) is 0 Å². The van der Waals surface area contributed by atoms with Gasteiger partial charge < -0.3 is 14.8 Å². The Labute approximate surface area is 160 Å². The van der Waals surface area contributed by atoms with Gasteiger partial charge in [-0.1, -0.05) is 6.07 Å². The van der Waals surface area contributed by atoms with E-state index in [-0.39, 0.29) is 18.3 Å². The number of nitrogens with zero attached hydrogens (tertiary/aromatic N) is 2. The number of nitrogens with one attached hydrogen (secondary N) is 1. The number of ether oxygens (including phenoxy) is 2. The van der Waals surface area contributed by atoms with E-state index in [4.69, 9.17) is 9.47 Å². The fraction of sp³-hybridized carbons (Fsp3) is 0.211. The van der Waals surface area contributed by atoms with Crippen LogP contribution < -0.4 is 14.8 Å². The van der Waals surface area contributed by atoms with Gasteiger partial charge in [0.25, 0.3) is 5.91 Å². The molecule has 0 saturated heterocycles. The second-order valence-corrected chi connectivity index (χ2v) is 6.74. The fourth-order valence-electron chi connectivity index (χ4n) is 2.44. The molecule has 2 heterocycles. The molecule has 0 radical (unpaired) electrons. The zero-order chi connectivity index (χ0) is 19.2. The van der Waals surface area contributed by atoms with Crippen LogP contribution in [-0.2, 0) is 11.3 Å². The molecular weight excluding hydrogens is 366 g/mol. The van der Waals surface area contributed by atoms with Gasteiger partial charge >= 0.3 is 0 Å². The Bertz CT molecular complexity index is 934. The number of rotatable bonds is 8. The van der Waals surface area contributed by atoms with Crippen LogP contribution in [0.4, 0.5) is 5.82 Å². The van der Waals surface area contributed by atoms with Gasteiger partial charge in [-0.15, -0.1) is 11.3 Å². The van der Waals surface area contributed by atoms with E-state index in [2.05, 4.69) is 10.4 Å². The van der Waals surface area contributed by atoms with Crippen LogP contribution in [0.3, 0.4) is 0 Å². The summed E-state index contributed by atoms with van der Waals surface area (Å²) in [7, 11) is 1.48. The Morgan fingerprint density at radius 3 is 2.78 bits per heavy atom. The summed E-state index contributed by atoms with van der Waals surface area (Å²) in [6.07, 6.45) is 1.63. The number of Topliss-reactive ketones (excluding diaryl/α,β-unsaturated/α-hetero) is 1. The highest BCUT2D eigenvalue weighted by molar-refractivity contribution is 7.09. The Kier molecular flexibility index (Phi) is 5.87. The van der Waals surface area contributed by atoms with Crippen LogP contribution >= 0.6 is 11.3 Å². The highest BCUT2D eigenvalue weighted by Gasteiger charge is 2.12. The number of carbonyl (C=O) groups excluding carboxylic acids is 2. The third-order valence-corrected chi connectivity index (χ3v) is 4.66. The second kappa shape index (κ2) is 8.50. The average Bonchev–Trinajstić information content (AvgIpc) is 3.32. The van der Waals surface area contributed by atoms with Crippen molar-refractivity contribution in [3.63, 3.8) is 0 Å². The van der Waals surface area contributed by atoms with Crippen molar-refractivity contribution in [2.45, 2.75) is 13.5 Å². The summed E-state index contributed by atoms with van der Waals surface area (Å²) in [6, 6.07) is 10.6. The van der Waals surface area contributed by atoms with E-state index in [0.29, 0.717) is 29.4 Å². The van der Waals surface area contributed by atoms with E-state index < -0.39 is 0 Å². The molecule has 0 bridgehead atoms. The van der Waals surface area contributed by atoms with E-state index in [1.54, 1.807) is 46.5 Å². The van der Waals surface area contributed by atoms with Crippen molar-refractivity contribution >= 4 is 28.8 Å². The molecule has 0 unspecified atom stereocenters. The van der Waals surface area contributed by atoms with E-state index in [9.17, 15) is 9.59 Å². The van der Waals surface area contributed by atoms with Crippen molar-refractivity contribution in [3.8, 4) is 11.5 Å². The average molecular weight is 385 g/mol. The molecule has 0 aliphatic heterocycles. The minimum atomic E-state index is -0.319. The lowest BCUT2D eigenvalue weighted by Gasteiger charge is -2.12. The highest BCUT2D eigenvalue weighted by Crippen LogP contribution is 2.28. The predicted octanol–water partition coefficient (Wildman–Crippen LogP) is 3.22. The van der Waals surface area contributed by atoms with Crippen LogP contribution in [0.15, 0.2) is 48.0 Å². The Balaban J connectivity index is 1.61. The molecule has 1 amide bonds. The van der Waals surface area contributed by atoms with Gasteiger partial charge in [0.15, 0.2) is 23.9 Å².